The predicted molar refractivity (Wildman–Crippen MR) is 112 cm³/mol. The fraction of sp³-hybridized carbons (Fsp3) is 0.292. The van der Waals surface area contributed by atoms with Crippen LogP contribution in [0.4, 0.5) is 0 Å². The van der Waals surface area contributed by atoms with Crippen LogP contribution in [-0.2, 0) is 9.53 Å². The highest BCUT2D eigenvalue weighted by Crippen LogP contribution is 2.53. The van der Waals surface area contributed by atoms with E-state index in [0.717, 1.165) is 11.1 Å². The first-order valence-corrected chi connectivity index (χ1v) is 9.80. The van der Waals surface area contributed by atoms with E-state index in [1.807, 2.05) is 43.4 Å². The summed E-state index contributed by atoms with van der Waals surface area (Å²) in [5.74, 6) is 1.63. The van der Waals surface area contributed by atoms with Crippen molar-refractivity contribution in [1.82, 2.24) is 4.90 Å². The average molecular weight is 407 g/mol. The number of fused-ring (bicyclic) bond motifs is 1. The van der Waals surface area contributed by atoms with Crippen LogP contribution in [0.5, 0.6) is 17.2 Å². The Bertz CT molecular complexity index is 971. The lowest BCUT2D eigenvalue weighted by Gasteiger charge is -2.35. The molecule has 2 aromatic rings. The first-order valence-electron chi connectivity index (χ1n) is 9.80. The van der Waals surface area contributed by atoms with E-state index in [2.05, 4.69) is 11.5 Å². The highest BCUT2D eigenvalue weighted by atomic mass is 16.7. The number of nitrogens with zero attached hydrogens (tertiary/aromatic N) is 1. The van der Waals surface area contributed by atoms with Gasteiger partial charge in [0, 0.05) is 12.6 Å². The zero-order valence-electron chi connectivity index (χ0n) is 17.2. The smallest absolute Gasteiger partial charge is 0.318 e. The number of rotatable bonds is 6. The van der Waals surface area contributed by atoms with Crippen molar-refractivity contribution in [3.8, 4) is 17.2 Å². The monoisotopic (exact) mass is 407 g/mol. The maximum Gasteiger partial charge on any atom is 0.318 e. The van der Waals surface area contributed by atoms with E-state index in [0.29, 0.717) is 30.2 Å². The number of benzene rings is 2. The normalized spacial score (nSPS) is 24.1. The van der Waals surface area contributed by atoms with Crippen molar-refractivity contribution in [2.24, 2.45) is 5.41 Å². The van der Waals surface area contributed by atoms with Crippen LogP contribution in [0, 0.1) is 5.41 Å². The van der Waals surface area contributed by atoms with Crippen molar-refractivity contribution in [3.63, 3.8) is 0 Å². The molecule has 6 nitrogen and oxygen atoms in total. The Labute approximate surface area is 176 Å². The molecule has 0 amide bonds. The van der Waals surface area contributed by atoms with Gasteiger partial charge in [0.25, 0.3) is 0 Å². The van der Waals surface area contributed by atoms with Gasteiger partial charge in [-0.25, -0.2) is 0 Å². The number of esters is 1. The molecule has 2 aliphatic rings. The molecular weight excluding hydrogens is 382 g/mol. The highest BCUT2D eigenvalue weighted by molar-refractivity contribution is 5.83. The molecule has 156 valence electrons. The van der Waals surface area contributed by atoms with Gasteiger partial charge in [-0.05, 0) is 36.7 Å². The Morgan fingerprint density at radius 1 is 1.23 bits per heavy atom. The van der Waals surface area contributed by atoms with Crippen LogP contribution in [0.3, 0.4) is 0 Å². The largest absolute Gasteiger partial charge is 0.468 e. The van der Waals surface area contributed by atoms with Gasteiger partial charge < -0.3 is 18.9 Å². The Balaban J connectivity index is 1.74. The van der Waals surface area contributed by atoms with Crippen molar-refractivity contribution in [2.75, 3.05) is 27.5 Å². The third kappa shape index (κ3) is 3.33. The molecule has 6 heteroatoms. The quantitative estimate of drug-likeness (QED) is 0.408. The zero-order chi connectivity index (χ0) is 21.1. The van der Waals surface area contributed by atoms with Crippen LogP contribution in [0.25, 0.3) is 0 Å². The van der Waals surface area contributed by atoms with E-state index in [1.54, 1.807) is 24.5 Å². The molecule has 0 aromatic heterocycles. The summed E-state index contributed by atoms with van der Waals surface area (Å²) in [6, 6.07) is 15.2. The highest BCUT2D eigenvalue weighted by Gasteiger charge is 2.56. The van der Waals surface area contributed by atoms with Gasteiger partial charge in [-0.1, -0.05) is 36.4 Å². The van der Waals surface area contributed by atoms with E-state index >= 15 is 0 Å². The molecule has 4 rings (SSSR count). The third-order valence-electron chi connectivity index (χ3n) is 5.71. The van der Waals surface area contributed by atoms with E-state index in [-0.39, 0.29) is 18.8 Å². The summed E-state index contributed by atoms with van der Waals surface area (Å²) in [6.45, 7) is 4.67. The summed E-state index contributed by atoms with van der Waals surface area (Å²) in [4.78, 5) is 15.3. The summed E-state index contributed by atoms with van der Waals surface area (Å²) in [5.41, 5.74) is 0.949. The second-order valence-corrected chi connectivity index (χ2v) is 7.46. The topological polar surface area (TPSA) is 57.2 Å². The van der Waals surface area contributed by atoms with Gasteiger partial charge in [-0.2, -0.15) is 0 Å². The molecule has 0 N–H and O–H groups in total. The first kappa shape index (κ1) is 20.0. The summed E-state index contributed by atoms with van der Waals surface area (Å²) in [6.07, 6.45) is 3.86. The number of allylic oxidation sites excluding steroid dienone is 1. The molecule has 2 aromatic carbocycles. The van der Waals surface area contributed by atoms with Crippen LogP contribution < -0.4 is 14.2 Å². The lowest BCUT2D eigenvalue weighted by molar-refractivity contribution is -0.152. The molecule has 30 heavy (non-hydrogen) atoms. The summed E-state index contributed by atoms with van der Waals surface area (Å²) in [7, 11) is 3.42. The number of carbonyl (C=O) groups is 1. The number of likely N-dealkylation sites (N-methyl/N-ethyl adjacent to an activating group) is 1. The van der Waals surface area contributed by atoms with Crippen LogP contribution >= 0.6 is 0 Å². The summed E-state index contributed by atoms with van der Waals surface area (Å²) >= 11 is 0. The van der Waals surface area contributed by atoms with E-state index in [9.17, 15) is 4.79 Å². The van der Waals surface area contributed by atoms with Crippen LogP contribution in [0.15, 0.2) is 73.0 Å². The minimum Gasteiger partial charge on any atom is -0.468 e. The van der Waals surface area contributed by atoms with Gasteiger partial charge in [0.15, 0.2) is 11.5 Å². The maximum absolute atomic E-state index is 13.2. The molecule has 0 bridgehead atoms. The SMILES string of the molecule is C=CC[C@@]1(C(=O)OC)/C(=C/Oc2ccc3c(c2)OCO3)CN(C)[C@@H]1c1ccccc1. The van der Waals surface area contributed by atoms with Gasteiger partial charge >= 0.3 is 5.97 Å². The third-order valence-corrected chi connectivity index (χ3v) is 5.71. The molecule has 0 unspecified atom stereocenters. The van der Waals surface area contributed by atoms with E-state index in [4.69, 9.17) is 18.9 Å². The molecule has 0 saturated carbocycles. The molecule has 2 heterocycles. The summed E-state index contributed by atoms with van der Waals surface area (Å²) < 4.78 is 22.0. The Kier molecular flexibility index (Phi) is 5.50. The number of carbonyl (C=O) groups excluding carboxylic acids is 1. The first-order chi connectivity index (χ1) is 14.6. The minimum absolute atomic E-state index is 0.198. The molecule has 0 spiro atoms. The maximum atomic E-state index is 13.2. The molecule has 2 aliphatic heterocycles. The Morgan fingerprint density at radius 3 is 2.73 bits per heavy atom. The second kappa shape index (κ2) is 8.24. The second-order valence-electron chi connectivity index (χ2n) is 7.46. The Morgan fingerprint density at radius 2 is 2.00 bits per heavy atom. The van der Waals surface area contributed by atoms with Crippen molar-refractivity contribution < 1.29 is 23.7 Å². The standard InChI is InChI=1S/C24H25NO5/c1-4-12-24(23(26)27-3)18(14-25(2)22(24)17-8-6-5-7-9-17)15-28-19-10-11-20-21(13-19)30-16-29-20/h4-11,13,15,22H,1,12,14,16H2,2-3H3/b18-15+/t22-,24-/m1/s1. The lowest BCUT2D eigenvalue weighted by Crippen LogP contribution is -2.39. The number of hydrogen-bond donors (Lipinski definition) is 0. The molecule has 1 fully saturated rings. The van der Waals surface area contributed by atoms with Crippen molar-refractivity contribution in [1.29, 1.82) is 0 Å². The van der Waals surface area contributed by atoms with Crippen LogP contribution in [0.2, 0.25) is 0 Å². The van der Waals surface area contributed by atoms with Gasteiger partial charge in [0.05, 0.1) is 19.4 Å². The van der Waals surface area contributed by atoms with Gasteiger partial charge in [-0.3, -0.25) is 9.69 Å². The number of methoxy groups -OCH3 is 1. The molecular formula is C24H25NO5. The molecule has 0 radical (unpaired) electrons. The fourth-order valence-corrected chi connectivity index (χ4v) is 4.44. The van der Waals surface area contributed by atoms with Crippen LogP contribution in [-0.4, -0.2) is 38.4 Å². The van der Waals surface area contributed by atoms with Crippen LogP contribution in [0.1, 0.15) is 18.0 Å². The van der Waals surface area contributed by atoms with Gasteiger partial charge in [0.2, 0.25) is 6.79 Å². The zero-order valence-corrected chi connectivity index (χ0v) is 17.2. The van der Waals surface area contributed by atoms with E-state index in [1.165, 1.54) is 7.11 Å². The molecule has 0 aliphatic carbocycles. The van der Waals surface area contributed by atoms with Crippen molar-refractivity contribution in [3.05, 3.63) is 78.6 Å². The Hall–Kier alpha value is -3.25. The lowest BCUT2D eigenvalue weighted by atomic mass is 9.72. The number of hydrogen-bond acceptors (Lipinski definition) is 6. The van der Waals surface area contributed by atoms with E-state index < -0.39 is 5.41 Å². The summed E-state index contributed by atoms with van der Waals surface area (Å²) in [5, 5.41) is 0. The number of likely N-dealkylation sites (tertiary alicyclic amines) is 1. The average Bonchev–Trinajstić information content (AvgIpc) is 3.34. The predicted octanol–water partition coefficient (Wildman–Crippen LogP) is 4.10. The number of ether oxygens (including phenoxy) is 4. The van der Waals surface area contributed by atoms with Crippen molar-refractivity contribution >= 4 is 5.97 Å². The molecule has 1 saturated heterocycles. The minimum atomic E-state index is -0.928. The van der Waals surface area contributed by atoms with Gasteiger partial charge in [-0.15, -0.1) is 6.58 Å². The van der Waals surface area contributed by atoms with Crippen molar-refractivity contribution in [2.45, 2.75) is 12.5 Å². The van der Waals surface area contributed by atoms with Gasteiger partial charge in [0.1, 0.15) is 11.2 Å². The molecule has 2 atom stereocenters. The fourth-order valence-electron chi connectivity index (χ4n) is 4.44.